The summed E-state index contributed by atoms with van der Waals surface area (Å²) in [6, 6.07) is 7.56. The van der Waals surface area contributed by atoms with Gasteiger partial charge in [-0.1, -0.05) is 6.42 Å². The summed E-state index contributed by atoms with van der Waals surface area (Å²) in [4.78, 5) is 10.2. The summed E-state index contributed by atoms with van der Waals surface area (Å²) in [6.07, 6.45) is 4.91. The number of hydrogen-bond donors (Lipinski definition) is 2. The molecule has 1 aliphatic rings. The van der Waals surface area contributed by atoms with Gasteiger partial charge in [-0.25, -0.2) is 0 Å². The van der Waals surface area contributed by atoms with Crippen LogP contribution in [0.4, 0.5) is 11.4 Å². The van der Waals surface area contributed by atoms with Crippen molar-refractivity contribution in [3.05, 3.63) is 34.4 Å². The largest absolute Gasteiger partial charge is 0.383 e. The van der Waals surface area contributed by atoms with E-state index in [1.54, 1.807) is 12.1 Å². The predicted molar refractivity (Wildman–Crippen MR) is 76.4 cm³/mol. The molecule has 2 N–H and O–H groups in total. The third-order valence-corrected chi connectivity index (χ3v) is 3.54. The molecule has 5 nitrogen and oxygen atoms in total. The van der Waals surface area contributed by atoms with E-state index < -0.39 is 0 Å². The van der Waals surface area contributed by atoms with Crippen LogP contribution in [-0.2, 0) is 0 Å². The highest BCUT2D eigenvalue weighted by molar-refractivity contribution is 5.49. The quantitative estimate of drug-likeness (QED) is 0.633. The van der Waals surface area contributed by atoms with E-state index in [1.165, 1.54) is 31.4 Å². The van der Waals surface area contributed by atoms with Crippen molar-refractivity contribution in [2.24, 2.45) is 0 Å². The molecule has 0 radical (unpaired) electrons. The van der Waals surface area contributed by atoms with Gasteiger partial charge in [-0.05, 0) is 44.9 Å². The molecule has 1 aliphatic heterocycles. The summed E-state index contributed by atoms with van der Waals surface area (Å²) >= 11 is 0. The fourth-order valence-electron chi connectivity index (χ4n) is 2.57. The summed E-state index contributed by atoms with van der Waals surface area (Å²) in [7, 11) is 0. The number of nitrogens with zero attached hydrogens (tertiary/aromatic N) is 1. The van der Waals surface area contributed by atoms with E-state index in [0.717, 1.165) is 18.7 Å². The molecule has 1 saturated heterocycles. The van der Waals surface area contributed by atoms with Crippen LogP contribution in [0.5, 0.6) is 0 Å². The molecule has 0 aromatic heterocycles. The molecule has 5 heteroatoms. The van der Waals surface area contributed by atoms with E-state index in [1.807, 2.05) is 0 Å². The SMILES string of the molecule is CC(CC1CCCCN1)Nc1ccc([N+](=O)[O-])cc1. The van der Waals surface area contributed by atoms with Crippen LogP contribution in [0.1, 0.15) is 32.6 Å². The first kappa shape index (κ1) is 13.8. The first-order chi connectivity index (χ1) is 9.15. The Morgan fingerprint density at radius 2 is 2.16 bits per heavy atom. The van der Waals surface area contributed by atoms with Gasteiger partial charge in [0.2, 0.25) is 0 Å². The Balaban J connectivity index is 1.83. The van der Waals surface area contributed by atoms with Gasteiger partial charge in [-0.2, -0.15) is 0 Å². The summed E-state index contributed by atoms with van der Waals surface area (Å²) in [6.45, 7) is 3.27. The fraction of sp³-hybridized carbons (Fsp3) is 0.571. The van der Waals surface area contributed by atoms with Crippen molar-refractivity contribution in [1.82, 2.24) is 5.32 Å². The predicted octanol–water partition coefficient (Wildman–Crippen LogP) is 2.93. The van der Waals surface area contributed by atoms with Gasteiger partial charge in [0, 0.05) is 29.9 Å². The molecule has 2 unspecified atom stereocenters. The van der Waals surface area contributed by atoms with Crippen molar-refractivity contribution in [1.29, 1.82) is 0 Å². The molecule has 2 rings (SSSR count). The third-order valence-electron chi connectivity index (χ3n) is 3.54. The van der Waals surface area contributed by atoms with Crippen LogP contribution < -0.4 is 10.6 Å². The molecule has 0 spiro atoms. The van der Waals surface area contributed by atoms with Crippen molar-refractivity contribution in [3.63, 3.8) is 0 Å². The zero-order valence-electron chi connectivity index (χ0n) is 11.3. The highest BCUT2D eigenvalue weighted by atomic mass is 16.6. The third kappa shape index (κ3) is 4.21. The number of rotatable bonds is 5. The summed E-state index contributed by atoms with van der Waals surface area (Å²) in [5, 5.41) is 17.5. The minimum absolute atomic E-state index is 0.132. The van der Waals surface area contributed by atoms with Gasteiger partial charge in [-0.15, -0.1) is 0 Å². The Kier molecular flexibility index (Phi) is 4.74. The van der Waals surface area contributed by atoms with Crippen LogP contribution in [0, 0.1) is 10.1 Å². The van der Waals surface area contributed by atoms with E-state index in [2.05, 4.69) is 17.6 Å². The number of non-ortho nitro benzene ring substituents is 1. The summed E-state index contributed by atoms with van der Waals surface area (Å²) in [5.41, 5.74) is 1.07. The number of nitro groups is 1. The van der Waals surface area contributed by atoms with E-state index in [-0.39, 0.29) is 10.6 Å². The number of hydrogen-bond acceptors (Lipinski definition) is 4. The standard InChI is InChI=1S/C14H21N3O2/c1-11(10-13-4-2-3-9-15-13)16-12-5-7-14(8-6-12)17(18)19/h5-8,11,13,15-16H,2-4,9-10H2,1H3. The molecule has 1 heterocycles. The minimum Gasteiger partial charge on any atom is -0.383 e. The lowest BCUT2D eigenvalue weighted by atomic mass is 9.98. The van der Waals surface area contributed by atoms with E-state index >= 15 is 0 Å². The first-order valence-electron chi connectivity index (χ1n) is 6.89. The molecule has 1 aromatic rings. The van der Waals surface area contributed by atoms with Crippen LogP contribution in [0.2, 0.25) is 0 Å². The highest BCUT2D eigenvalue weighted by Crippen LogP contribution is 2.18. The number of benzene rings is 1. The first-order valence-corrected chi connectivity index (χ1v) is 6.89. The van der Waals surface area contributed by atoms with Crippen molar-refractivity contribution in [2.75, 3.05) is 11.9 Å². The molecular weight excluding hydrogens is 242 g/mol. The maximum Gasteiger partial charge on any atom is 0.269 e. The van der Waals surface area contributed by atoms with Crippen LogP contribution in [0.3, 0.4) is 0 Å². The van der Waals surface area contributed by atoms with Crippen LogP contribution >= 0.6 is 0 Å². The smallest absolute Gasteiger partial charge is 0.269 e. The molecule has 2 atom stereocenters. The van der Waals surface area contributed by atoms with Gasteiger partial charge in [-0.3, -0.25) is 10.1 Å². The molecular formula is C14H21N3O2. The summed E-state index contributed by atoms with van der Waals surface area (Å²) < 4.78 is 0. The molecule has 19 heavy (non-hydrogen) atoms. The minimum atomic E-state index is -0.376. The van der Waals surface area contributed by atoms with Crippen molar-refractivity contribution in [2.45, 2.75) is 44.7 Å². The maximum absolute atomic E-state index is 10.6. The topological polar surface area (TPSA) is 67.2 Å². The van der Waals surface area contributed by atoms with E-state index in [9.17, 15) is 10.1 Å². The average molecular weight is 263 g/mol. The lowest BCUT2D eigenvalue weighted by Gasteiger charge is -2.27. The molecule has 1 aromatic carbocycles. The van der Waals surface area contributed by atoms with Gasteiger partial charge in [0.1, 0.15) is 0 Å². The average Bonchev–Trinajstić information content (AvgIpc) is 2.40. The van der Waals surface area contributed by atoms with Crippen molar-refractivity contribution >= 4 is 11.4 Å². The Hall–Kier alpha value is -1.62. The van der Waals surface area contributed by atoms with Crippen LogP contribution in [0.25, 0.3) is 0 Å². The Labute approximate surface area is 113 Å². The normalized spacial score (nSPS) is 20.8. The van der Waals surface area contributed by atoms with Gasteiger partial charge < -0.3 is 10.6 Å². The number of anilines is 1. The Morgan fingerprint density at radius 1 is 1.42 bits per heavy atom. The van der Waals surface area contributed by atoms with Crippen LogP contribution in [-0.4, -0.2) is 23.6 Å². The van der Waals surface area contributed by atoms with Crippen molar-refractivity contribution in [3.8, 4) is 0 Å². The second-order valence-electron chi connectivity index (χ2n) is 5.23. The highest BCUT2D eigenvalue weighted by Gasteiger charge is 2.15. The molecule has 0 amide bonds. The molecule has 104 valence electrons. The molecule has 0 bridgehead atoms. The number of piperidine rings is 1. The molecule has 0 aliphatic carbocycles. The van der Waals surface area contributed by atoms with Gasteiger partial charge in [0.25, 0.3) is 5.69 Å². The monoisotopic (exact) mass is 263 g/mol. The fourth-order valence-corrected chi connectivity index (χ4v) is 2.57. The summed E-state index contributed by atoms with van der Waals surface area (Å²) in [5.74, 6) is 0. The van der Waals surface area contributed by atoms with Gasteiger partial charge >= 0.3 is 0 Å². The number of nitro benzene ring substituents is 1. The second-order valence-corrected chi connectivity index (χ2v) is 5.23. The second kappa shape index (κ2) is 6.52. The Morgan fingerprint density at radius 3 is 2.74 bits per heavy atom. The van der Waals surface area contributed by atoms with Crippen molar-refractivity contribution < 1.29 is 4.92 Å². The lowest BCUT2D eigenvalue weighted by Crippen LogP contribution is -2.37. The van der Waals surface area contributed by atoms with E-state index in [0.29, 0.717) is 12.1 Å². The van der Waals surface area contributed by atoms with E-state index in [4.69, 9.17) is 0 Å². The van der Waals surface area contributed by atoms with Gasteiger partial charge in [0.05, 0.1) is 4.92 Å². The lowest BCUT2D eigenvalue weighted by molar-refractivity contribution is -0.384. The van der Waals surface area contributed by atoms with Crippen LogP contribution in [0.15, 0.2) is 24.3 Å². The zero-order chi connectivity index (χ0) is 13.7. The number of nitrogens with one attached hydrogen (secondary N) is 2. The molecule has 0 saturated carbocycles. The van der Waals surface area contributed by atoms with Gasteiger partial charge in [0.15, 0.2) is 0 Å². The molecule has 1 fully saturated rings. The zero-order valence-corrected chi connectivity index (χ0v) is 11.3. The Bertz CT molecular complexity index is 413. The maximum atomic E-state index is 10.6.